The molecule has 0 bridgehead atoms. The molecule has 1 aromatic heterocycles. The Morgan fingerprint density at radius 1 is 1.09 bits per heavy atom. The maximum atomic E-state index is 13.7. The van der Waals surface area contributed by atoms with Gasteiger partial charge in [0.2, 0.25) is 5.91 Å². The Hall–Kier alpha value is -4.76. The van der Waals surface area contributed by atoms with Gasteiger partial charge in [-0.3, -0.25) is 4.79 Å². The zero-order chi connectivity index (χ0) is 31.0. The maximum Gasteiger partial charge on any atom is 0.416 e. The number of anilines is 1. The summed E-state index contributed by atoms with van der Waals surface area (Å²) in [7, 11) is 0. The highest BCUT2D eigenvalue weighted by Gasteiger charge is 2.33. The first-order chi connectivity index (χ1) is 20.5. The normalized spacial score (nSPS) is 11.8. The summed E-state index contributed by atoms with van der Waals surface area (Å²) in [4.78, 5) is 18.7. The standard InChI is InChI=1S/C31H28F4N6OS/c1-21(38-29(42)14-27-16-37-20-41(27)18-23-8-6-22(15-36)7-9-23)17-40(30(43)39-26-12-10-25(32)11-13-26)19-24-4-2-3-5-28(24)31(33,34)35/h2-13,16,20-21H,14,17-19H2,1H3,(H,38,42)(H,39,43)/t21-/m0/s1. The van der Waals surface area contributed by atoms with Crippen molar-refractivity contribution in [3.8, 4) is 6.07 Å². The number of carbonyl (C=O) groups excluding carboxylic acids is 1. The number of nitriles is 1. The van der Waals surface area contributed by atoms with E-state index in [-0.39, 0.29) is 36.1 Å². The topological polar surface area (TPSA) is 86.0 Å². The number of halogens is 4. The van der Waals surface area contributed by atoms with Crippen LogP contribution in [-0.4, -0.2) is 38.1 Å². The minimum atomic E-state index is -4.56. The lowest BCUT2D eigenvalue weighted by Crippen LogP contribution is -2.46. The molecule has 3 aromatic carbocycles. The van der Waals surface area contributed by atoms with Crippen molar-refractivity contribution in [3.63, 3.8) is 0 Å². The van der Waals surface area contributed by atoms with Crippen molar-refractivity contribution in [3.05, 3.63) is 119 Å². The van der Waals surface area contributed by atoms with Crippen LogP contribution in [-0.2, 0) is 30.5 Å². The number of benzene rings is 3. The minimum absolute atomic E-state index is 0.0171. The minimum Gasteiger partial charge on any atom is -0.352 e. The molecule has 0 unspecified atom stereocenters. The Balaban J connectivity index is 1.45. The molecule has 1 heterocycles. The summed E-state index contributed by atoms with van der Waals surface area (Å²) in [6.45, 7) is 2.10. The average molecular weight is 609 g/mol. The van der Waals surface area contributed by atoms with E-state index >= 15 is 0 Å². The number of carbonyl (C=O) groups is 1. The molecule has 0 radical (unpaired) electrons. The van der Waals surface area contributed by atoms with Gasteiger partial charge < -0.3 is 20.1 Å². The number of rotatable bonds is 10. The molecular weight excluding hydrogens is 580 g/mol. The summed E-state index contributed by atoms with van der Waals surface area (Å²) in [5, 5.41) is 15.0. The van der Waals surface area contributed by atoms with Gasteiger partial charge in [-0.25, -0.2) is 9.37 Å². The Morgan fingerprint density at radius 2 is 1.79 bits per heavy atom. The molecular formula is C31H28F4N6OS. The van der Waals surface area contributed by atoms with Crippen molar-refractivity contribution < 1.29 is 22.4 Å². The second-order valence-electron chi connectivity index (χ2n) is 9.94. The smallest absolute Gasteiger partial charge is 0.352 e. The van der Waals surface area contributed by atoms with Gasteiger partial charge in [-0.15, -0.1) is 0 Å². The third kappa shape index (κ3) is 8.86. The predicted molar refractivity (Wildman–Crippen MR) is 158 cm³/mol. The highest BCUT2D eigenvalue weighted by atomic mass is 32.1. The van der Waals surface area contributed by atoms with Gasteiger partial charge in [0.1, 0.15) is 5.82 Å². The van der Waals surface area contributed by atoms with Crippen LogP contribution in [0.5, 0.6) is 0 Å². The molecule has 1 amide bonds. The molecule has 0 saturated carbocycles. The van der Waals surface area contributed by atoms with Crippen LogP contribution in [0.4, 0.5) is 23.2 Å². The van der Waals surface area contributed by atoms with Gasteiger partial charge in [0.15, 0.2) is 5.11 Å². The molecule has 4 rings (SSSR count). The quantitative estimate of drug-likeness (QED) is 0.172. The SMILES string of the molecule is C[C@@H](CN(Cc1ccccc1C(F)(F)F)C(=S)Nc1ccc(F)cc1)NC(=O)Cc1cncn1Cc1ccc(C#N)cc1. The summed E-state index contributed by atoms with van der Waals surface area (Å²) < 4.78 is 56.4. The van der Waals surface area contributed by atoms with Crippen molar-refractivity contribution >= 4 is 28.9 Å². The number of nitrogens with one attached hydrogen (secondary N) is 2. The van der Waals surface area contributed by atoms with Crippen molar-refractivity contribution in [1.82, 2.24) is 19.8 Å². The molecule has 1 atom stereocenters. The van der Waals surface area contributed by atoms with Crippen LogP contribution in [0.2, 0.25) is 0 Å². The molecule has 0 aliphatic heterocycles. The number of aromatic nitrogens is 2. The van der Waals surface area contributed by atoms with Crippen LogP contribution in [0.1, 0.15) is 34.9 Å². The first-order valence-electron chi connectivity index (χ1n) is 13.3. The van der Waals surface area contributed by atoms with Gasteiger partial charge in [0, 0.05) is 43.3 Å². The van der Waals surface area contributed by atoms with Gasteiger partial charge in [-0.1, -0.05) is 30.3 Å². The summed E-state index contributed by atoms with van der Waals surface area (Å²) in [5.41, 5.74) is 1.85. The zero-order valence-corrected chi connectivity index (χ0v) is 23.9. The second-order valence-corrected chi connectivity index (χ2v) is 10.3. The van der Waals surface area contributed by atoms with E-state index < -0.39 is 23.6 Å². The molecule has 0 aliphatic carbocycles. The molecule has 0 spiro atoms. The number of alkyl halides is 3. The van der Waals surface area contributed by atoms with E-state index in [0.29, 0.717) is 23.5 Å². The van der Waals surface area contributed by atoms with Crippen molar-refractivity contribution in [2.45, 2.75) is 38.7 Å². The van der Waals surface area contributed by atoms with Crippen molar-refractivity contribution in [1.29, 1.82) is 5.26 Å². The number of amides is 1. The van der Waals surface area contributed by atoms with E-state index in [1.807, 2.05) is 16.7 Å². The molecule has 4 aromatic rings. The van der Waals surface area contributed by atoms with Crippen LogP contribution >= 0.6 is 12.2 Å². The lowest BCUT2D eigenvalue weighted by molar-refractivity contribution is -0.138. The lowest BCUT2D eigenvalue weighted by atomic mass is 10.1. The molecule has 2 N–H and O–H groups in total. The average Bonchev–Trinajstić information content (AvgIpc) is 3.39. The summed E-state index contributed by atoms with van der Waals surface area (Å²) in [6.07, 6.45) is -1.33. The monoisotopic (exact) mass is 608 g/mol. The first kappa shape index (κ1) is 31.2. The number of thiocarbonyl (C=S) groups is 1. The van der Waals surface area contributed by atoms with Gasteiger partial charge >= 0.3 is 6.18 Å². The fourth-order valence-corrected chi connectivity index (χ4v) is 4.74. The van der Waals surface area contributed by atoms with Crippen LogP contribution in [0, 0.1) is 17.1 Å². The fourth-order valence-electron chi connectivity index (χ4n) is 4.48. The third-order valence-electron chi connectivity index (χ3n) is 6.54. The summed E-state index contributed by atoms with van der Waals surface area (Å²) in [6, 6.07) is 19.3. The van der Waals surface area contributed by atoms with Crippen LogP contribution in [0.25, 0.3) is 0 Å². The highest BCUT2D eigenvalue weighted by molar-refractivity contribution is 7.80. The van der Waals surface area contributed by atoms with Crippen LogP contribution in [0.15, 0.2) is 85.3 Å². The van der Waals surface area contributed by atoms with Gasteiger partial charge in [-0.2, -0.15) is 18.4 Å². The van der Waals surface area contributed by atoms with E-state index in [1.165, 1.54) is 47.4 Å². The van der Waals surface area contributed by atoms with Crippen LogP contribution < -0.4 is 10.6 Å². The van der Waals surface area contributed by atoms with E-state index in [9.17, 15) is 22.4 Å². The molecule has 0 saturated heterocycles. The predicted octanol–water partition coefficient (Wildman–Crippen LogP) is 5.91. The largest absolute Gasteiger partial charge is 0.416 e. The van der Waals surface area contributed by atoms with Gasteiger partial charge in [-0.05, 0) is 72.7 Å². The van der Waals surface area contributed by atoms with Crippen molar-refractivity contribution in [2.24, 2.45) is 0 Å². The lowest BCUT2D eigenvalue weighted by Gasteiger charge is -2.30. The van der Waals surface area contributed by atoms with E-state index in [4.69, 9.17) is 17.5 Å². The molecule has 222 valence electrons. The second kappa shape index (κ2) is 13.9. The first-order valence-corrected chi connectivity index (χ1v) is 13.7. The Labute approximate surface area is 251 Å². The van der Waals surface area contributed by atoms with Crippen molar-refractivity contribution in [2.75, 3.05) is 11.9 Å². The molecule has 7 nitrogen and oxygen atoms in total. The fraction of sp³-hybridized carbons (Fsp3) is 0.226. The zero-order valence-electron chi connectivity index (χ0n) is 23.1. The third-order valence-corrected chi connectivity index (χ3v) is 6.90. The summed E-state index contributed by atoms with van der Waals surface area (Å²) in [5.74, 6) is -0.746. The molecule has 12 heteroatoms. The molecule has 0 aliphatic rings. The maximum absolute atomic E-state index is 13.7. The summed E-state index contributed by atoms with van der Waals surface area (Å²) >= 11 is 5.54. The highest BCUT2D eigenvalue weighted by Crippen LogP contribution is 2.32. The molecule has 43 heavy (non-hydrogen) atoms. The Morgan fingerprint density at radius 3 is 2.47 bits per heavy atom. The molecule has 0 fully saturated rings. The van der Waals surface area contributed by atoms with Crippen LogP contribution in [0.3, 0.4) is 0 Å². The number of imidazole rings is 1. The Bertz CT molecular complexity index is 1600. The van der Waals surface area contributed by atoms with Gasteiger partial charge in [0.05, 0.1) is 29.9 Å². The number of nitrogens with zero attached hydrogens (tertiary/aromatic N) is 4. The number of hydrogen-bond donors (Lipinski definition) is 2. The van der Waals surface area contributed by atoms with Gasteiger partial charge in [0.25, 0.3) is 0 Å². The van der Waals surface area contributed by atoms with E-state index in [2.05, 4.69) is 21.7 Å². The Kier molecular flexibility index (Phi) is 10.1. The van der Waals surface area contributed by atoms with E-state index in [0.717, 1.165) is 11.6 Å². The number of hydrogen-bond acceptors (Lipinski definition) is 4. The van der Waals surface area contributed by atoms with E-state index in [1.54, 1.807) is 31.6 Å².